The lowest BCUT2D eigenvalue weighted by molar-refractivity contribution is 0.290. The second-order valence-electron chi connectivity index (χ2n) is 4.97. The van der Waals surface area contributed by atoms with Gasteiger partial charge in [0.15, 0.2) is 0 Å². The van der Waals surface area contributed by atoms with Crippen LogP contribution < -0.4 is 10.1 Å². The number of nitrogens with zero attached hydrogens (tertiary/aromatic N) is 2. The number of anilines is 1. The van der Waals surface area contributed by atoms with E-state index in [1.54, 1.807) is 0 Å². The fourth-order valence-electron chi connectivity index (χ4n) is 2.08. The van der Waals surface area contributed by atoms with Crippen LogP contribution in [0.2, 0.25) is 0 Å². The van der Waals surface area contributed by atoms with E-state index in [1.165, 1.54) is 0 Å². The molecule has 4 heteroatoms. The molecular formula is C17H23N3O. The van der Waals surface area contributed by atoms with E-state index in [0.29, 0.717) is 12.5 Å². The highest BCUT2D eigenvalue weighted by Gasteiger charge is 2.11. The Morgan fingerprint density at radius 3 is 2.52 bits per heavy atom. The summed E-state index contributed by atoms with van der Waals surface area (Å²) < 4.78 is 5.91. The summed E-state index contributed by atoms with van der Waals surface area (Å²) in [5.41, 5.74) is 2.10. The van der Waals surface area contributed by atoms with Crippen molar-refractivity contribution in [1.29, 1.82) is 0 Å². The highest BCUT2D eigenvalue weighted by Crippen LogP contribution is 2.23. The lowest BCUT2D eigenvalue weighted by Crippen LogP contribution is -2.09. The number of rotatable bonds is 7. The molecule has 0 aliphatic rings. The molecule has 1 aromatic carbocycles. The van der Waals surface area contributed by atoms with Gasteiger partial charge in [0, 0.05) is 13.0 Å². The number of ether oxygens (including phenoxy) is 1. The van der Waals surface area contributed by atoms with E-state index in [0.717, 1.165) is 42.2 Å². The van der Waals surface area contributed by atoms with Crippen LogP contribution in [0.15, 0.2) is 30.3 Å². The van der Waals surface area contributed by atoms with Crippen molar-refractivity contribution >= 4 is 5.82 Å². The zero-order chi connectivity index (χ0) is 15.1. The Morgan fingerprint density at radius 1 is 1.10 bits per heavy atom. The maximum atomic E-state index is 5.91. The summed E-state index contributed by atoms with van der Waals surface area (Å²) in [5, 5.41) is 3.28. The van der Waals surface area contributed by atoms with Gasteiger partial charge in [0.2, 0.25) is 5.88 Å². The molecule has 2 rings (SSSR count). The van der Waals surface area contributed by atoms with Crippen LogP contribution in [0, 0.1) is 6.92 Å². The molecule has 0 atom stereocenters. The van der Waals surface area contributed by atoms with E-state index < -0.39 is 0 Å². The average Bonchev–Trinajstić information content (AvgIpc) is 2.50. The molecule has 0 saturated heterocycles. The minimum atomic E-state index is 0.524. The van der Waals surface area contributed by atoms with Crippen molar-refractivity contribution in [1.82, 2.24) is 9.97 Å². The summed E-state index contributed by atoms with van der Waals surface area (Å²) in [5.74, 6) is 2.38. The summed E-state index contributed by atoms with van der Waals surface area (Å²) in [7, 11) is 0. The molecule has 0 radical (unpaired) electrons. The van der Waals surface area contributed by atoms with Crippen LogP contribution in [0.5, 0.6) is 5.88 Å². The monoisotopic (exact) mass is 285 g/mol. The molecule has 0 saturated carbocycles. The molecule has 0 amide bonds. The molecule has 0 spiro atoms. The van der Waals surface area contributed by atoms with Crippen molar-refractivity contribution in [3.8, 4) is 5.88 Å². The van der Waals surface area contributed by atoms with Gasteiger partial charge in [0.25, 0.3) is 0 Å². The van der Waals surface area contributed by atoms with E-state index in [9.17, 15) is 0 Å². The van der Waals surface area contributed by atoms with Gasteiger partial charge in [-0.3, -0.25) is 0 Å². The minimum absolute atomic E-state index is 0.524. The minimum Gasteiger partial charge on any atom is -0.472 e. The standard InChI is InChI=1S/C17H23N3O/c1-4-9-15-19-16(18-5-2)13(3)17(20-15)21-12-14-10-7-6-8-11-14/h6-8,10-11H,4-5,9,12H2,1-3H3,(H,18,19,20). The number of nitrogens with one attached hydrogen (secondary N) is 1. The summed E-state index contributed by atoms with van der Waals surface area (Å²) in [6.07, 6.45) is 1.88. The number of hydrogen-bond donors (Lipinski definition) is 1. The fraction of sp³-hybridized carbons (Fsp3) is 0.412. The molecule has 0 unspecified atom stereocenters. The first kappa shape index (κ1) is 15.3. The predicted octanol–water partition coefficient (Wildman–Crippen LogP) is 3.75. The van der Waals surface area contributed by atoms with Gasteiger partial charge >= 0.3 is 0 Å². The third-order valence-electron chi connectivity index (χ3n) is 3.18. The highest BCUT2D eigenvalue weighted by atomic mass is 16.5. The molecule has 4 nitrogen and oxygen atoms in total. The molecule has 1 heterocycles. The number of aryl methyl sites for hydroxylation is 1. The SMILES string of the molecule is CCCc1nc(NCC)c(C)c(OCc2ccccc2)n1. The van der Waals surface area contributed by atoms with E-state index in [4.69, 9.17) is 4.74 Å². The van der Waals surface area contributed by atoms with Crippen LogP contribution >= 0.6 is 0 Å². The smallest absolute Gasteiger partial charge is 0.222 e. The Bertz CT molecular complexity index is 570. The second kappa shape index (κ2) is 7.62. The fourth-order valence-corrected chi connectivity index (χ4v) is 2.08. The lowest BCUT2D eigenvalue weighted by Gasteiger charge is -2.14. The average molecular weight is 285 g/mol. The van der Waals surface area contributed by atoms with E-state index >= 15 is 0 Å². The molecule has 2 aromatic rings. The first-order chi connectivity index (χ1) is 10.2. The second-order valence-corrected chi connectivity index (χ2v) is 4.97. The summed E-state index contributed by atoms with van der Waals surface area (Å²) >= 11 is 0. The van der Waals surface area contributed by atoms with Crippen LogP contribution in [-0.4, -0.2) is 16.5 Å². The molecule has 0 aliphatic carbocycles. The Labute approximate surface area is 126 Å². The van der Waals surface area contributed by atoms with E-state index in [2.05, 4.69) is 41.3 Å². The van der Waals surface area contributed by atoms with Crippen molar-refractivity contribution in [2.45, 2.75) is 40.2 Å². The molecule has 0 aliphatic heterocycles. The highest BCUT2D eigenvalue weighted by molar-refractivity contribution is 5.48. The van der Waals surface area contributed by atoms with E-state index in [-0.39, 0.29) is 0 Å². The molecule has 1 aromatic heterocycles. The number of hydrogen-bond acceptors (Lipinski definition) is 4. The van der Waals surface area contributed by atoms with Gasteiger partial charge in [0.05, 0.1) is 5.56 Å². The number of aromatic nitrogens is 2. The zero-order valence-electron chi connectivity index (χ0n) is 13.0. The van der Waals surface area contributed by atoms with E-state index in [1.807, 2.05) is 25.1 Å². The van der Waals surface area contributed by atoms with Gasteiger partial charge in [-0.25, -0.2) is 4.98 Å². The van der Waals surface area contributed by atoms with Crippen LogP contribution in [0.4, 0.5) is 5.82 Å². The van der Waals surface area contributed by atoms with Crippen LogP contribution in [0.25, 0.3) is 0 Å². The van der Waals surface area contributed by atoms with Gasteiger partial charge in [-0.1, -0.05) is 37.3 Å². The van der Waals surface area contributed by atoms with Gasteiger partial charge in [-0.05, 0) is 25.8 Å². The summed E-state index contributed by atoms with van der Waals surface area (Å²) in [6, 6.07) is 10.1. The van der Waals surface area contributed by atoms with Gasteiger partial charge in [0.1, 0.15) is 18.2 Å². The first-order valence-corrected chi connectivity index (χ1v) is 7.52. The summed E-state index contributed by atoms with van der Waals surface area (Å²) in [4.78, 5) is 9.11. The maximum Gasteiger partial charge on any atom is 0.222 e. The van der Waals surface area contributed by atoms with Crippen molar-refractivity contribution in [3.63, 3.8) is 0 Å². The quantitative estimate of drug-likeness (QED) is 0.841. The first-order valence-electron chi connectivity index (χ1n) is 7.52. The molecule has 21 heavy (non-hydrogen) atoms. The third-order valence-corrected chi connectivity index (χ3v) is 3.18. The number of benzene rings is 1. The van der Waals surface area contributed by atoms with Crippen LogP contribution in [-0.2, 0) is 13.0 Å². The lowest BCUT2D eigenvalue weighted by atomic mass is 10.2. The molecule has 0 bridgehead atoms. The molecule has 1 N–H and O–H groups in total. The Kier molecular flexibility index (Phi) is 5.55. The molecular weight excluding hydrogens is 262 g/mol. The van der Waals surface area contributed by atoms with Crippen molar-refractivity contribution < 1.29 is 4.74 Å². The zero-order valence-corrected chi connectivity index (χ0v) is 13.0. The van der Waals surface area contributed by atoms with Crippen molar-refractivity contribution in [3.05, 3.63) is 47.3 Å². The predicted molar refractivity (Wildman–Crippen MR) is 85.7 cm³/mol. The molecule has 0 fully saturated rings. The third kappa shape index (κ3) is 4.18. The normalized spacial score (nSPS) is 10.4. The molecule has 112 valence electrons. The van der Waals surface area contributed by atoms with Gasteiger partial charge in [-0.15, -0.1) is 0 Å². The van der Waals surface area contributed by atoms with Gasteiger partial charge < -0.3 is 10.1 Å². The van der Waals surface area contributed by atoms with Crippen molar-refractivity contribution in [2.24, 2.45) is 0 Å². The topological polar surface area (TPSA) is 47.0 Å². The van der Waals surface area contributed by atoms with Crippen molar-refractivity contribution in [2.75, 3.05) is 11.9 Å². The van der Waals surface area contributed by atoms with Crippen LogP contribution in [0.3, 0.4) is 0 Å². The van der Waals surface area contributed by atoms with Crippen LogP contribution in [0.1, 0.15) is 37.2 Å². The Balaban J connectivity index is 2.20. The largest absolute Gasteiger partial charge is 0.472 e. The van der Waals surface area contributed by atoms with Gasteiger partial charge in [-0.2, -0.15) is 4.98 Å². The Morgan fingerprint density at radius 2 is 1.86 bits per heavy atom. The maximum absolute atomic E-state index is 5.91. The summed E-state index contributed by atoms with van der Waals surface area (Å²) in [6.45, 7) is 7.54. The Hall–Kier alpha value is -2.10.